The molecule has 0 N–H and O–H groups in total. The summed E-state index contributed by atoms with van der Waals surface area (Å²) in [6, 6.07) is 9.77. The molecule has 0 saturated carbocycles. The zero-order valence-corrected chi connectivity index (χ0v) is 15.2. The summed E-state index contributed by atoms with van der Waals surface area (Å²) < 4.78 is 37.6. The smallest absolute Gasteiger partial charge is 0.319 e. The van der Waals surface area contributed by atoms with Crippen LogP contribution in [-0.2, 0) is 14.3 Å². The minimum atomic E-state index is -0.586. The van der Waals surface area contributed by atoms with Crippen LogP contribution in [-0.4, -0.2) is 30.3 Å². The van der Waals surface area contributed by atoms with Crippen LogP contribution in [0.25, 0.3) is 10.2 Å². The molecule has 0 aliphatic carbocycles. The zero-order valence-electron chi connectivity index (χ0n) is 14.3. The van der Waals surface area contributed by atoms with Crippen LogP contribution >= 0.6 is 11.3 Å². The summed E-state index contributed by atoms with van der Waals surface area (Å²) in [7, 11) is 0. The van der Waals surface area contributed by atoms with Crippen LogP contribution in [0.4, 0.5) is 13.9 Å². The highest BCUT2D eigenvalue weighted by Crippen LogP contribution is 2.30. The predicted molar refractivity (Wildman–Crippen MR) is 101 cm³/mol. The van der Waals surface area contributed by atoms with Crippen molar-refractivity contribution >= 4 is 38.8 Å². The number of rotatable bonds is 4. The lowest BCUT2D eigenvalue weighted by Crippen LogP contribution is -2.30. The Hall–Kier alpha value is -3.33. The summed E-state index contributed by atoms with van der Waals surface area (Å²) in [5.41, 5.74) is 1.12. The summed E-state index contributed by atoms with van der Waals surface area (Å²) >= 11 is 1.11. The van der Waals surface area contributed by atoms with Crippen LogP contribution in [0.2, 0.25) is 0 Å². The number of thiazole rings is 1. The fourth-order valence-electron chi connectivity index (χ4n) is 2.42. The molecule has 1 aliphatic heterocycles. The molecule has 6 nitrogen and oxygen atoms in total. The van der Waals surface area contributed by atoms with Crippen LogP contribution in [0.1, 0.15) is 5.56 Å². The van der Waals surface area contributed by atoms with E-state index in [1.807, 2.05) is 0 Å². The minimum Gasteiger partial charge on any atom is -0.494 e. The third-order valence-electron chi connectivity index (χ3n) is 3.76. The molecule has 1 aliphatic rings. The van der Waals surface area contributed by atoms with Gasteiger partial charge >= 0.3 is 5.91 Å². The first-order valence-corrected chi connectivity index (χ1v) is 9.06. The topological polar surface area (TPSA) is 64.0 Å². The van der Waals surface area contributed by atoms with E-state index in [-0.39, 0.29) is 23.3 Å². The lowest BCUT2D eigenvalue weighted by atomic mass is 10.2. The van der Waals surface area contributed by atoms with Crippen LogP contribution in [0.5, 0.6) is 0 Å². The number of aromatic nitrogens is 1. The van der Waals surface area contributed by atoms with Crippen molar-refractivity contribution in [2.45, 2.75) is 0 Å². The normalized spacial score (nSPS) is 13.9. The summed E-state index contributed by atoms with van der Waals surface area (Å²) in [5.74, 6) is -1.39. The van der Waals surface area contributed by atoms with Crippen LogP contribution in [0.15, 0.2) is 59.6 Å². The van der Waals surface area contributed by atoms with Gasteiger partial charge in [0.05, 0.1) is 16.4 Å². The lowest BCUT2D eigenvalue weighted by molar-refractivity contribution is -0.119. The number of hydrogen-bond donors (Lipinski definition) is 0. The fraction of sp³-hybridized carbons (Fsp3) is 0.105. The van der Waals surface area contributed by atoms with Gasteiger partial charge < -0.3 is 9.47 Å². The Balaban J connectivity index is 1.72. The van der Waals surface area contributed by atoms with Gasteiger partial charge in [-0.05, 0) is 35.9 Å². The highest BCUT2D eigenvalue weighted by molar-refractivity contribution is 7.22. The molecule has 0 saturated heterocycles. The van der Waals surface area contributed by atoms with Crippen molar-refractivity contribution in [2.24, 2.45) is 5.10 Å². The Kier molecular flexibility index (Phi) is 4.98. The monoisotopic (exact) mass is 401 g/mol. The molecule has 0 fully saturated rings. The predicted octanol–water partition coefficient (Wildman–Crippen LogP) is 3.83. The Morgan fingerprint density at radius 2 is 1.93 bits per heavy atom. The number of halogens is 2. The Labute approximate surface area is 162 Å². The van der Waals surface area contributed by atoms with E-state index >= 15 is 0 Å². The van der Waals surface area contributed by atoms with E-state index < -0.39 is 11.7 Å². The molecule has 142 valence electrons. The third-order valence-corrected chi connectivity index (χ3v) is 4.76. The lowest BCUT2D eigenvalue weighted by Gasteiger charge is -2.19. The van der Waals surface area contributed by atoms with E-state index in [4.69, 9.17) is 9.47 Å². The molecule has 0 bridgehead atoms. The highest BCUT2D eigenvalue weighted by atomic mass is 32.1. The molecule has 2 aromatic carbocycles. The van der Waals surface area contributed by atoms with Crippen molar-refractivity contribution < 1.29 is 23.0 Å². The van der Waals surface area contributed by atoms with E-state index in [0.717, 1.165) is 16.3 Å². The van der Waals surface area contributed by atoms with E-state index in [0.29, 0.717) is 22.4 Å². The first-order valence-electron chi connectivity index (χ1n) is 8.25. The van der Waals surface area contributed by atoms with Crippen molar-refractivity contribution in [1.29, 1.82) is 0 Å². The molecule has 9 heteroatoms. The van der Waals surface area contributed by atoms with E-state index in [1.54, 1.807) is 0 Å². The van der Waals surface area contributed by atoms with Gasteiger partial charge in [-0.1, -0.05) is 23.5 Å². The van der Waals surface area contributed by atoms with Crippen molar-refractivity contribution in [2.75, 3.05) is 18.2 Å². The number of hydrazone groups is 1. The fourth-order valence-corrected chi connectivity index (χ4v) is 3.37. The average molecular weight is 401 g/mol. The number of nitrogens with zero attached hydrogens (tertiary/aromatic N) is 3. The van der Waals surface area contributed by atoms with Gasteiger partial charge in [-0.25, -0.2) is 13.8 Å². The molecular weight excluding hydrogens is 388 g/mol. The molecular formula is C19H13F2N3O3S. The second-order valence-electron chi connectivity index (χ2n) is 5.72. The number of hydrogen-bond acceptors (Lipinski definition) is 6. The van der Waals surface area contributed by atoms with Gasteiger partial charge in [-0.3, -0.25) is 4.79 Å². The second-order valence-corrected chi connectivity index (χ2v) is 6.73. The average Bonchev–Trinajstić information content (AvgIpc) is 3.13. The van der Waals surface area contributed by atoms with Crippen LogP contribution < -0.4 is 5.01 Å². The highest BCUT2D eigenvalue weighted by Gasteiger charge is 2.26. The maximum absolute atomic E-state index is 13.5. The first kappa shape index (κ1) is 18.1. The third kappa shape index (κ3) is 3.84. The summed E-state index contributed by atoms with van der Waals surface area (Å²) in [4.78, 5) is 17.2. The zero-order chi connectivity index (χ0) is 19.5. The quantitative estimate of drug-likeness (QED) is 0.492. The van der Waals surface area contributed by atoms with Gasteiger partial charge in [-0.2, -0.15) is 10.1 Å². The van der Waals surface area contributed by atoms with Gasteiger partial charge in [0, 0.05) is 0 Å². The number of benzene rings is 2. The molecule has 3 aromatic rings. The number of carbonyl (C=O) groups is 1. The Morgan fingerprint density at radius 3 is 2.68 bits per heavy atom. The number of carbonyl (C=O) groups excluding carboxylic acids is 1. The van der Waals surface area contributed by atoms with Crippen LogP contribution in [0, 0.1) is 11.6 Å². The van der Waals surface area contributed by atoms with Gasteiger partial charge in [0.15, 0.2) is 0 Å². The molecule has 1 amide bonds. The van der Waals surface area contributed by atoms with Crippen molar-refractivity contribution in [3.63, 3.8) is 0 Å². The van der Waals surface area contributed by atoms with Crippen LogP contribution in [0.3, 0.4) is 0 Å². The Bertz CT molecular complexity index is 1080. The molecule has 0 spiro atoms. The largest absolute Gasteiger partial charge is 0.494 e. The standard InChI is InChI=1S/C19H13F2N3O3S/c20-13-3-1-12(2-4-13)10-22-24(18(25)16-11-26-7-8-27-16)19-23-15-6-5-14(21)9-17(15)28-19/h1-6,9-11H,7-8H2/b22-10-. The van der Waals surface area contributed by atoms with E-state index in [9.17, 15) is 13.6 Å². The molecule has 0 radical (unpaired) electrons. The number of fused-ring (bicyclic) bond motifs is 1. The van der Waals surface area contributed by atoms with Gasteiger partial charge in [0.25, 0.3) is 0 Å². The van der Waals surface area contributed by atoms with Crippen molar-refractivity contribution in [3.05, 3.63) is 71.7 Å². The van der Waals surface area contributed by atoms with Gasteiger partial charge in [0.2, 0.25) is 10.9 Å². The van der Waals surface area contributed by atoms with Gasteiger partial charge in [-0.15, -0.1) is 0 Å². The molecule has 28 heavy (non-hydrogen) atoms. The number of amides is 1. The molecule has 0 unspecified atom stereocenters. The van der Waals surface area contributed by atoms with Crippen molar-refractivity contribution in [3.8, 4) is 0 Å². The number of ether oxygens (including phenoxy) is 2. The SMILES string of the molecule is O=C(C1=COCCO1)N(/N=C\c1ccc(F)cc1)c1nc2ccc(F)cc2s1. The van der Waals surface area contributed by atoms with Gasteiger partial charge in [0.1, 0.15) is 31.1 Å². The van der Waals surface area contributed by atoms with E-state index in [2.05, 4.69) is 10.1 Å². The molecule has 4 rings (SSSR count). The summed E-state index contributed by atoms with van der Waals surface area (Å²) in [6.45, 7) is 0.578. The maximum Gasteiger partial charge on any atom is 0.319 e. The summed E-state index contributed by atoms with van der Waals surface area (Å²) in [6.07, 6.45) is 2.62. The number of anilines is 1. The van der Waals surface area contributed by atoms with Crippen molar-refractivity contribution in [1.82, 2.24) is 4.98 Å². The molecule has 1 aromatic heterocycles. The second kappa shape index (κ2) is 7.73. The first-order chi connectivity index (χ1) is 13.6. The maximum atomic E-state index is 13.5. The Morgan fingerprint density at radius 1 is 1.14 bits per heavy atom. The molecule has 2 heterocycles. The van der Waals surface area contributed by atoms with E-state index in [1.165, 1.54) is 54.9 Å². The summed E-state index contributed by atoms with van der Waals surface area (Å²) in [5, 5.41) is 5.48. The minimum absolute atomic E-state index is 0.0204. The molecule has 0 atom stereocenters.